The predicted octanol–water partition coefficient (Wildman–Crippen LogP) is 0.854. The van der Waals surface area contributed by atoms with E-state index in [1.54, 1.807) is 0 Å². The summed E-state index contributed by atoms with van der Waals surface area (Å²) in [6.07, 6.45) is 4.73. The van der Waals surface area contributed by atoms with Gasteiger partial charge in [0.2, 0.25) is 5.91 Å². The second-order valence-electron chi connectivity index (χ2n) is 4.45. The van der Waals surface area contributed by atoms with Gasteiger partial charge in [0.05, 0.1) is 19.4 Å². The van der Waals surface area contributed by atoms with Gasteiger partial charge in [-0.3, -0.25) is 9.59 Å². The Bertz CT molecular complexity index is 277. The van der Waals surface area contributed by atoms with E-state index in [1.807, 2.05) is 0 Å². The predicted molar refractivity (Wildman–Crippen MR) is 54.0 cm³/mol. The van der Waals surface area contributed by atoms with Crippen molar-refractivity contribution in [1.29, 1.82) is 0 Å². The van der Waals surface area contributed by atoms with Crippen LogP contribution in [0.25, 0.3) is 0 Å². The lowest BCUT2D eigenvalue weighted by atomic mass is 9.78. The van der Waals surface area contributed by atoms with E-state index in [1.165, 1.54) is 20.0 Å². The molecule has 1 heterocycles. The van der Waals surface area contributed by atoms with Crippen LogP contribution in [0.4, 0.5) is 0 Å². The number of amides is 1. The monoisotopic (exact) mass is 211 g/mol. The van der Waals surface area contributed by atoms with Gasteiger partial charge in [-0.05, 0) is 18.8 Å². The summed E-state index contributed by atoms with van der Waals surface area (Å²) in [7, 11) is 1.37. The Hall–Kier alpha value is -1.06. The van der Waals surface area contributed by atoms with Gasteiger partial charge < -0.3 is 10.1 Å². The van der Waals surface area contributed by atoms with Crippen molar-refractivity contribution in [2.45, 2.75) is 38.1 Å². The molecule has 15 heavy (non-hydrogen) atoms. The molecule has 84 valence electrons. The topological polar surface area (TPSA) is 55.4 Å². The molecule has 1 amide bonds. The highest BCUT2D eigenvalue weighted by molar-refractivity contribution is 5.86. The van der Waals surface area contributed by atoms with Crippen molar-refractivity contribution in [3.8, 4) is 0 Å². The van der Waals surface area contributed by atoms with Crippen LogP contribution in [-0.4, -0.2) is 25.0 Å². The molecule has 3 unspecified atom stereocenters. The highest BCUT2D eigenvalue weighted by Crippen LogP contribution is 2.36. The van der Waals surface area contributed by atoms with Crippen molar-refractivity contribution in [2.24, 2.45) is 11.8 Å². The average Bonchev–Trinajstić information content (AvgIpc) is 2.55. The van der Waals surface area contributed by atoms with Gasteiger partial charge in [-0.1, -0.05) is 12.8 Å². The number of esters is 1. The van der Waals surface area contributed by atoms with Gasteiger partial charge in [-0.15, -0.1) is 0 Å². The molecule has 0 aromatic rings. The van der Waals surface area contributed by atoms with Crippen molar-refractivity contribution in [2.75, 3.05) is 7.11 Å². The normalized spacial score (nSPS) is 34.5. The minimum Gasteiger partial charge on any atom is -0.469 e. The fourth-order valence-corrected chi connectivity index (χ4v) is 2.81. The lowest BCUT2D eigenvalue weighted by molar-refractivity contribution is -0.144. The van der Waals surface area contributed by atoms with E-state index in [4.69, 9.17) is 0 Å². The third-order valence-electron chi connectivity index (χ3n) is 3.61. The van der Waals surface area contributed by atoms with Gasteiger partial charge in [-0.2, -0.15) is 0 Å². The molecule has 0 radical (unpaired) electrons. The zero-order valence-electron chi connectivity index (χ0n) is 8.99. The van der Waals surface area contributed by atoms with Crippen LogP contribution in [0.1, 0.15) is 32.1 Å². The van der Waals surface area contributed by atoms with Crippen molar-refractivity contribution in [1.82, 2.24) is 5.32 Å². The summed E-state index contributed by atoms with van der Waals surface area (Å²) in [6.45, 7) is 0. The van der Waals surface area contributed by atoms with E-state index in [0.717, 1.165) is 12.8 Å². The van der Waals surface area contributed by atoms with Gasteiger partial charge in [0.25, 0.3) is 0 Å². The fraction of sp³-hybridized carbons (Fsp3) is 0.818. The van der Waals surface area contributed by atoms with E-state index in [-0.39, 0.29) is 24.2 Å². The molecule has 2 rings (SSSR count). The van der Waals surface area contributed by atoms with E-state index >= 15 is 0 Å². The first-order chi connectivity index (χ1) is 7.22. The number of hydrogen-bond acceptors (Lipinski definition) is 3. The molecule has 1 aliphatic carbocycles. The average molecular weight is 211 g/mol. The van der Waals surface area contributed by atoms with Crippen molar-refractivity contribution in [3.63, 3.8) is 0 Å². The SMILES string of the molecule is COC(=O)CC1C(=O)NC2CCCCC21. The zero-order chi connectivity index (χ0) is 10.8. The molecule has 2 fully saturated rings. The smallest absolute Gasteiger partial charge is 0.306 e. The fourth-order valence-electron chi connectivity index (χ4n) is 2.81. The van der Waals surface area contributed by atoms with Crippen LogP contribution in [0.3, 0.4) is 0 Å². The van der Waals surface area contributed by atoms with E-state index < -0.39 is 0 Å². The quantitative estimate of drug-likeness (QED) is 0.689. The van der Waals surface area contributed by atoms with Gasteiger partial charge in [-0.25, -0.2) is 0 Å². The van der Waals surface area contributed by atoms with Crippen LogP contribution in [0, 0.1) is 11.8 Å². The first-order valence-corrected chi connectivity index (χ1v) is 5.59. The Kier molecular flexibility index (Phi) is 2.93. The number of ether oxygens (including phenoxy) is 1. The number of fused-ring (bicyclic) bond motifs is 1. The van der Waals surface area contributed by atoms with E-state index in [2.05, 4.69) is 10.1 Å². The van der Waals surface area contributed by atoms with Crippen molar-refractivity contribution in [3.05, 3.63) is 0 Å². The van der Waals surface area contributed by atoms with E-state index in [9.17, 15) is 9.59 Å². The van der Waals surface area contributed by atoms with Crippen LogP contribution < -0.4 is 5.32 Å². The second-order valence-corrected chi connectivity index (χ2v) is 4.45. The Morgan fingerprint density at radius 3 is 2.93 bits per heavy atom. The zero-order valence-corrected chi connectivity index (χ0v) is 8.99. The van der Waals surface area contributed by atoms with Gasteiger partial charge in [0.1, 0.15) is 0 Å². The second kappa shape index (κ2) is 4.21. The number of hydrogen-bond donors (Lipinski definition) is 1. The van der Waals surface area contributed by atoms with Crippen molar-refractivity contribution < 1.29 is 14.3 Å². The Labute approximate surface area is 89.4 Å². The molecule has 0 bridgehead atoms. The minimum atomic E-state index is -0.277. The molecular formula is C11H17NO3. The van der Waals surface area contributed by atoms with Crippen LogP contribution in [-0.2, 0) is 14.3 Å². The van der Waals surface area contributed by atoms with Gasteiger partial charge >= 0.3 is 5.97 Å². The molecule has 2 aliphatic rings. The van der Waals surface area contributed by atoms with Gasteiger partial charge in [0, 0.05) is 6.04 Å². The summed E-state index contributed by atoms with van der Waals surface area (Å²) < 4.78 is 4.62. The highest BCUT2D eigenvalue weighted by atomic mass is 16.5. The molecule has 1 saturated heterocycles. The summed E-state index contributed by atoms with van der Waals surface area (Å²) >= 11 is 0. The van der Waals surface area contributed by atoms with Gasteiger partial charge in [0.15, 0.2) is 0 Å². The Morgan fingerprint density at radius 2 is 2.20 bits per heavy atom. The molecule has 0 aromatic heterocycles. The lowest BCUT2D eigenvalue weighted by Crippen LogP contribution is -2.31. The molecule has 0 spiro atoms. The summed E-state index contributed by atoms with van der Waals surface area (Å²) in [6, 6.07) is 0.306. The minimum absolute atomic E-state index is 0.0392. The molecule has 1 aliphatic heterocycles. The third-order valence-corrected chi connectivity index (χ3v) is 3.61. The molecule has 4 heteroatoms. The Balaban J connectivity index is 2.03. The first kappa shape index (κ1) is 10.5. The molecule has 1 saturated carbocycles. The number of carbonyl (C=O) groups excluding carboxylic acids is 2. The molecule has 1 N–H and O–H groups in total. The van der Waals surface area contributed by atoms with Crippen LogP contribution in [0.15, 0.2) is 0 Å². The maximum absolute atomic E-state index is 11.7. The van der Waals surface area contributed by atoms with Crippen LogP contribution in [0.2, 0.25) is 0 Å². The van der Waals surface area contributed by atoms with Crippen molar-refractivity contribution >= 4 is 11.9 Å². The largest absolute Gasteiger partial charge is 0.469 e. The number of carbonyl (C=O) groups is 2. The summed E-state index contributed by atoms with van der Waals surface area (Å²) in [5.41, 5.74) is 0. The van der Waals surface area contributed by atoms with E-state index in [0.29, 0.717) is 12.0 Å². The third kappa shape index (κ3) is 1.98. The van der Waals surface area contributed by atoms with Crippen LogP contribution in [0.5, 0.6) is 0 Å². The Morgan fingerprint density at radius 1 is 1.47 bits per heavy atom. The highest BCUT2D eigenvalue weighted by Gasteiger charge is 2.43. The molecule has 0 aromatic carbocycles. The summed E-state index contributed by atoms with van der Waals surface area (Å²) in [5.74, 6) is -0.0354. The summed E-state index contributed by atoms with van der Waals surface area (Å²) in [5, 5.41) is 2.99. The maximum Gasteiger partial charge on any atom is 0.306 e. The molecule has 4 nitrogen and oxygen atoms in total. The number of rotatable bonds is 2. The standard InChI is InChI=1S/C11H17NO3/c1-15-10(13)6-8-7-4-2-3-5-9(7)12-11(8)14/h7-9H,2-6H2,1H3,(H,12,14). The molecule has 3 atom stereocenters. The maximum atomic E-state index is 11.7. The number of methoxy groups -OCH3 is 1. The molecular weight excluding hydrogens is 194 g/mol. The number of nitrogens with one attached hydrogen (secondary N) is 1. The summed E-state index contributed by atoms with van der Waals surface area (Å²) in [4.78, 5) is 22.9. The lowest BCUT2D eigenvalue weighted by Gasteiger charge is -2.26. The van der Waals surface area contributed by atoms with Crippen LogP contribution >= 0.6 is 0 Å². The first-order valence-electron chi connectivity index (χ1n) is 5.59.